The molecule has 2 heterocycles. The van der Waals surface area contributed by atoms with Gasteiger partial charge >= 0.3 is 0 Å². The highest BCUT2D eigenvalue weighted by atomic mass is 32.2. The van der Waals surface area contributed by atoms with Crippen LogP contribution in [0.2, 0.25) is 0 Å². The number of ether oxygens (including phenoxy) is 1. The first-order valence-electron chi connectivity index (χ1n) is 12.1. The number of fused-ring (bicyclic) bond motifs is 1. The lowest BCUT2D eigenvalue weighted by Crippen LogP contribution is -2.34. The van der Waals surface area contributed by atoms with Crippen molar-refractivity contribution in [1.29, 1.82) is 0 Å². The van der Waals surface area contributed by atoms with Gasteiger partial charge in [-0.25, -0.2) is 13.1 Å². The minimum atomic E-state index is -3.64. The van der Waals surface area contributed by atoms with Crippen LogP contribution in [-0.4, -0.2) is 54.1 Å². The fourth-order valence-corrected chi connectivity index (χ4v) is 6.25. The van der Waals surface area contributed by atoms with Crippen LogP contribution in [0.4, 0.5) is 0 Å². The number of hydrogen-bond donors (Lipinski definition) is 0. The van der Waals surface area contributed by atoms with Gasteiger partial charge in [0.2, 0.25) is 10.0 Å². The number of methoxy groups -OCH3 is 1. The third-order valence-electron chi connectivity index (χ3n) is 6.79. The van der Waals surface area contributed by atoms with Crippen LogP contribution < -0.4 is 4.74 Å². The van der Waals surface area contributed by atoms with Crippen LogP contribution in [0, 0.1) is 5.92 Å². The summed E-state index contributed by atoms with van der Waals surface area (Å²) in [4.78, 5) is 2.65. The maximum Gasteiger partial charge on any atom is 0.243 e. The molecule has 0 N–H and O–H groups in total. The zero-order chi connectivity index (χ0) is 24.4. The molecule has 0 bridgehead atoms. The number of nitrogens with zero attached hydrogens (tertiary/aromatic N) is 4. The van der Waals surface area contributed by atoms with Crippen molar-refractivity contribution in [2.75, 3.05) is 26.7 Å². The molecule has 7 nitrogen and oxygen atoms in total. The van der Waals surface area contributed by atoms with Crippen molar-refractivity contribution in [2.24, 2.45) is 5.92 Å². The van der Waals surface area contributed by atoms with Gasteiger partial charge in [0.05, 0.1) is 29.9 Å². The molecule has 0 unspecified atom stereocenters. The summed E-state index contributed by atoms with van der Waals surface area (Å²) in [6.07, 6.45) is 4.88. The quantitative estimate of drug-likeness (QED) is 0.400. The van der Waals surface area contributed by atoms with Crippen LogP contribution in [0.15, 0.2) is 72.1 Å². The van der Waals surface area contributed by atoms with Gasteiger partial charge in [-0.05, 0) is 43.0 Å². The Morgan fingerprint density at radius 3 is 2.60 bits per heavy atom. The molecule has 1 aliphatic heterocycles. The van der Waals surface area contributed by atoms with E-state index in [9.17, 15) is 8.42 Å². The zero-order valence-electron chi connectivity index (χ0n) is 20.1. The number of benzene rings is 2. The summed E-state index contributed by atoms with van der Waals surface area (Å²) < 4.78 is 36.5. The molecule has 0 atom stereocenters. The highest BCUT2D eigenvalue weighted by molar-refractivity contribution is 7.89. The lowest BCUT2D eigenvalue weighted by Gasteiger charge is -2.27. The summed E-state index contributed by atoms with van der Waals surface area (Å²) >= 11 is 0. The molecule has 1 saturated carbocycles. The van der Waals surface area contributed by atoms with E-state index in [1.807, 2.05) is 41.1 Å². The smallest absolute Gasteiger partial charge is 0.243 e. The predicted octanol–water partition coefficient (Wildman–Crippen LogP) is 4.03. The predicted molar refractivity (Wildman–Crippen MR) is 136 cm³/mol. The molecule has 1 fully saturated rings. The minimum Gasteiger partial charge on any atom is -0.494 e. The van der Waals surface area contributed by atoms with E-state index in [0.717, 1.165) is 60.7 Å². The molecule has 2 aromatic carbocycles. The highest BCUT2D eigenvalue weighted by Crippen LogP contribution is 2.34. The topological polar surface area (TPSA) is 67.7 Å². The van der Waals surface area contributed by atoms with Gasteiger partial charge in [0, 0.05) is 38.2 Å². The molecule has 35 heavy (non-hydrogen) atoms. The Kier molecular flexibility index (Phi) is 6.77. The Hall–Kier alpha value is -2.94. The van der Waals surface area contributed by atoms with Crippen LogP contribution in [0.3, 0.4) is 0 Å². The van der Waals surface area contributed by atoms with Gasteiger partial charge < -0.3 is 4.74 Å². The van der Waals surface area contributed by atoms with Gasteiger partial charge in [-0.2, -0.15) is 9.40 Å². The number of para-hydroxylation sites is 2. The zero-order valence-corrected chi connectivity index (χ0v) is 21.0. The Labute approximate surface area is 207 Å². The molecule has 0 saturated heterocycles. The van der Waals surface area contributed by atoms with Crippen LogP contribution in [0.5, 0.6) is 5.75 Å². The summed E-state index contributed by atoms with van der Waals surface area (Å²) in [7, 11) is -1.99. The molecule has 0 amide bonds. The van der Waals surface area contributed by atoms with E-state index in [1.165, 1.54) is 0 Å². The summed E-state index contributed by atoms with van der Waals surface area (Å²) in [6.45, 7) is 7.06. The van der Waals surface area contributed by atoms with Crippen molar-refractivity contribution in [3.63, 3.8) is 0 Å². The summed E-state index contributed by atoms with van der Waals surface area (Å²) in [5, 5.41) is 5.02. The van der Waals surface area contributed by atoms with Crippen LogP contribution in [-0.2, 0) is 29.5 Å². The Morgan fingerprint density at radius 2 is 1.89 bits per heavy atom. The second-order valence-corrected chi connectivity index (χ2v) is 11.2. The number of sulfonamides is 1. The monoisotopic (exact) mass is 492 g/mol. The Morgan fingerprint density at radius 1 is 1.14 bits per heavy atom. The van der Waals surface area contributed by atoms with Crippen molar-refractivity contribution in [2.45, 2.75) is 37.2 Å². The van der Waals surface area contributed by atoms with Gasteiger partial charge in [0.1, 0.15) is 11.4 Å². The van der Waals surface area contributed by atoms with Crippen molar-refractivity contribution in [3.8, 4) is 11.4 Å². The molecule has 184 valence electrons. The van der Waals surface area contributed by atoms with E-state index in [1.54, 1.807) is 35.7 Å². The van der Waals surface area contributed by atoms with Gasteiger partial charge in [-0.3, -0.25) is 4.90 Å². The second-order valence-electron chi connectivity index (χ2n) is 9.28. The SMILES string of the molecule is C=CCN1CCc2c(c(CN(CC3CC3)S(=O)(=O)c3ccccc3)nn2-c2ccccc2OC)C1. The first kappa shape index (κ1) is 23.8. The molecular weight excluding hydrogens is 460 g/mol. The minimum absolute atomic E-state index is 0.250. The molecule has 2 aliphatic rings. The lowest BCUT2D eigenvalue weighted by molar-refractivity contribution is 0.277. The average Bonchev–Trinajstić information content (AvgIpc) is 3.64. The second kappa shape index (κ2) is 9.97. The fourth-order valence-electron chi connectivity index (χ4n) is 4.76. The van der Waals surface area contributed by atoms with E-state index in [2.05, 4.69) is 11.5 Å². The largest absolute Gasteiger partial charge is 0.494 e. The highest BCUT2D eigenvalue weighted by Gasteiger charge is 2.34. The van der Waals surface area contributed by atoms with E-state index in [4.69, 9.17) is 9.84 Å². The summed E-state index contributed by atoms with van der Waals surface area (Å²) in [5.74, 6) is 1.16. The molecule has 5 rings (SSSR count). The van der Waals surface area contributed by atoms with E-state index >= 15 is 0 Å². The molecule has 0 radical (unpaired) electrons. The molecule has 0 spiro atoms. The van der Waals surface area contributed by atoms with Gasteiger partial charge in [0.25, 0.3) is 0 Å². The normalized spacial score (nSPS) is 16.3. The van der Waals surface area contributed by atoms with Crippen molar-refractivity contribution in [3.05, 3.63) is 84.2 Å². The molecule has 8 heteroatoms. The molecule has 3 aromatic rings. The van der Waals surface area contributed by atoms with Crippen LogP contribution in [0.25, 0.3) is 5.69 Å². The van der Waals surface area contributed by atoms with Crippen molar-refractivity contribution < 1.29 is 13.2 Å². The number of rotatable bonds is 10. The number of hydrogen-bond acceptors (Lipinski definition) is 5. The average molecular weight is 493 g/mol. The molecule has 1 aliphatic carbocycles. The summed E-state index contributed by atoms with van der Waals surface area (Å²) in [6, 6.07) is 16.6. The summed E-state index contributed by atoms with van der Waals surface area (Å²) in [5.41, 5.74) is 3.90. The first-order chi connectivity index (χ1) is 17.0. The number of aromatic nitrogens is 2. The Balaban J connectivity index is 1.57. The van der Waals surface area contributed by atoms with E-state index in [-0.39, 0.29) is 6.54 Å². The van der Waals surface area contributed by atoms with Crippen molar-refractivity contribution in [1.82, 2.24) is 19.0 Å². The van der Waals surface area contributed by atoms with Gasteiger partial charge in [-0.15, -0.1) is 6.58 Å². The Bertz CT molecular complexity index is 1300. The third-order valence-corrected chi connectivity index (χ3v) is 8.61. The standard InChI is InChI=1S/C27H32N4O3S/c1-3-16-29-17-15-25-23(19-29)24(28-31(25)26-11-7-8-12-27(26)34-2)20-30(18-21-13-14-21)35(32,33)22-9-5-4-6-10-22/h3-12,21H,1,13-20H2,2H3. The van der Waals surface area contributed by atoms with Crippen molar-refractivity contribution >= 4 is 10.0 Å². The molecule has 1 aromatic heterocycles. The maximum absolute atomic E-state index is 13.7. The van der Waals surface area contributed by atoms with Crippen LogP contribution in [0.1, 0.15) is 29.8 Å². The first-order valence-corrected chi connectivity index (χ1v) is 13.6. The van der Waals surface area contributed by atoms with Crippen LogP contribution >= 0.6 is 0 Å². The van der Waals surface area contributed by atoms with E-state index in [0.29, 0.717) is 23.9 Å². The molecular formula is C27H32N4O3S. The van der Waals surface area contributed by atoms with Gasteiger partial charge in [0.15, 0.2) is 0 Å². The van der Waals surface area contributed by atoms with Gasteiger partial charge in [-0.1, -0.05) is 36.4 Å². The fraction of sp³-hybridized carbons (Fsp3) is 0.370. The maximum atomic E-state index is 13.7. The lowest BCUT2D eigenvalue weighted by atomic mass is 10.0. The van der Waals surface area contributed by atoms with E-state index < -0.39 is 10.0 Å². The third kappa shape index (κ3) is 4.91.